The van der Waals surface area contributed by atoms with Crippen LogP contribution in [-0.4, -0.2) is 43.0 Å². The molecule has 27 heavy (non-hydrogen) atoms. The molecule has 0 bridgehead atoms. The fourth-order valence-corrected chi connectivity index (χ4v) is 4.54. The second kappa shape index (κ2) is 9.90. The lowest BCUT2D eigenvalue weighted by molar-refractivity contribution is 0.186. The zero-order chi connectivity index (χ0) is 19.9. The Balaban J connectivity index is 1.90. The van der Waals surface area contributed by atoms with Gasteiger partial charge in [-0.15, -0.1) is 0 Å². The Kier molecular flexibility index (Phi) is 7.87. The first-order valence-corrected chi connectivity index (χ1v) is 10.8. The molecular weight excluding hydrogens is 365 g/mol. The predicted molar refractivity (Wildman–Crippen MR) is 107 cm³/mol. The van der Waals surface area contributed by atoms with Crippen molar-refractivity contribution in [3.63, 3.8) is 0 Å². The smallest absolute Gasteiger partial charge is 0.207 e. The summed E-state index contributed by atoms with van der Waals surface area (Å²) in [4.78, 5) is 10.2. The Labute approximate surface area is 160 Å². The number of hydrogen-bond acceptors (Lipinski definition) is 5. The van der Waals surface area contributed by atoms with Crippen LogP contribution >= 0.6 is 7.37 Å². The minimum absolute atomic E-state index is 0.0630. The van der Waals surface area contributed by atoms with Crippen LogP contribution in [0.15, 0.2) is 48.5 Å². The molecule has 0 aliphatic rings. The molecule has 0 fully saturated rings. The lowest BCUT2D eigenvalue weighted by atomic mass is 10.1. The molecule has 7 heteroatoms. The molecule has 0 radical (unpaired) electrons. The highest BCUT2D eigenvalue weighted by molar-refractivity contribution is 7.57. The topological polar surface area (TPSA) is 88.0 Å². The Morgan fingerprint density at radius 3 is 2.22 bits per heavy atom. The minimum atomic E-state index is -3.46. The van der Waals surface area contributed by atoms with Gasteiger partial charge in [0.2, 0.25) is 7.37 Å². The summed E-state index contributed by atoms with van der Waals surface area (Å²) in [7, 11) is -0.279. The molecule has 2 aromatic carbocycles. The van der Waals surface area contributed by atoms with Gasteiger partial charge in [0.15, 0.2) is 0 Å². The van der Waals surface area contributed by atoms with Crippen LogP contribution in [0, 0.1) is 0 Å². The van der Waals surface area contributed by atoms with E-state index in [-0.39, 0.29) is 24.9 Å². The summed E-state index contributed by atoms with van der Waals surface area (Å²) in [5, 5.41) is 13.4. The van der Waals surface area contributed by atoms with E-state index in [1.165, 1.54) is 0 Å². The summed E-state index contributed by atoms with van der Waals surface area (Å²) in [6, 6.07) is 14.6. The van der Waals surface area contributed by atoms with Crippen molar-refractivity contribution in [1.29, 1.82) is 0 Å². The van der Waals surface area contributed by atoms with Gasteiger partial charge in [-0.2, -0.15) is 0 Å². The summed E-state index contributed by atoms with van der Waals surface area (Å²) in [5.41, 5.74) is 1.73. The van der Waals surface area contributed by atoms with E-state index < -0.39 is 13.5 Å². The molecular formula is C20H28NO5P. The normalized spacial score (nSPS) is 15.6. The molecule has 2 aromatic rings. The lowest BCUT2D eigenvalue weighted by Gasteiger charge is -2.20. The van der Waals surface area contributed by atoms with Crippen LogP contribution < -0.4 is 14.8 Å². The number of hydrogen-bond donors (Lipinski definition) is 3. The number of nitrogens with one attached hydrogen (secondary N) is 1. The molecule has 0 aliphatic heterocycles. The monoisotopic (exact) mass is 393 g/mol. The van der Waals surface area contributed by atoms with Crippen molar-refractivity contribution >= 4 is 7.37 Å². The minimum Gasteiger partial charge on any atom is -0.497 e. The molecule has 0 spiro atoms. The fraction of sp³-hybridized carbons (Fsp3) is 0.400. The molecule has 0 saturated heterocycles. The SMILES string of the molecule is COc1cc(OC)cc(C(C)NC[C@@H](O)CP(=O)(O)Cc2ccccc2)c1. The fourth-order valence-electron chi connectivity index (χ4n) is 2.84. The molecule has 0 amide bonds. The van der Waals surface area contributed by atoms with Crippen LogP contribution in [0.4, 0.5) is 0 Å². The summed E-state index contributed by atoms with van der Waals surface area (Å²) in [6.07, 6.45) is -1.00. The van der Waals surface area contributed by atoms with Gasteiger partial charge >= 0.3 is 0 Å². The van der Waals surface area contributed by atoms with E-state index in [0.29, 0.717) is 11.5 Å². The molecule has 148 valence electrons. The third-order valence-electron chi connectivity index (χ3n) is 4.30. The van der Waals surface area contributed by atoms with Gasteiger partial charge in [0, 0.05) is 24.8 Å². The first-order chi connectivity index (χ1) is 12.8. The lowest BCUT2D eigenvalue weighted by Crippen LogP contribution is -2.31. The van der Waals surface area contributed by atoms with Gasteiger partial charge in [-0.25, -0.2) is 0 Å². The van der Waals surface area contributed by atoms with Crippen LogP contribution in [0.1, 0.15) is 24.1 Å². The van der Waals surface area contributed by atoms with Crippen molar-refractivity contribution in [2.75, 3.05) is 26.9 Å². The summed E-state index contributed by atoms with van der Waals surface area (Å²) in [6.45, 7) is 2.16. The molecule has 3 N–H and O–H groups in total. The predicted octanol–water partition coefficient (Wildman–Crippen LogP) is 3.19. The highest BCUT2D eigenvalue weighted by Gasteiger charge is 2.24. The Hall–Kier alpha value is -1.85. The molecule has 3 atom stereocenters. The van der Waals surface area contributed by atoms with Crippen molar-refractivity contribution in [1.82, 2.24) is 5.32 Å². The zero-order valence-corrected chi connectivity index (χ0v) is 16.9. The van der Waals surface area contributed by atoms with Crippen LogP contribution in [0.3, 0.4) is 0 Å². The molecule has 2 rings (SSSR count). The second-order valence-electron chi connectivity index (χ2n) is 6.60. The van der Waals surface area contributed by atoms with E-state index in [0.717, 1.165) is 11.1 Å². The van der Waals surface area contributed by atoms with Crippen molar-refractivity contribution in [2.24, 2.45) is 0 Å². The zero-order valence-electron chi connectivity index (χ0n) is 16.0. The molecule has 2 unspecified atom stereocenters. The maximum atomic E-state index is 12.4. The maximum Gasteiger partial charge on any atom is 0.207 e. The largest absolute Gasteiger partial charge is 0.497 e. The number of rotatable bonds is 10. The third-order valence-corrected chi connectivity index (χ3v) is 6.15. The van der Waals surface area contributed by atoms with Gasteiger partial charge in [0.25, 0.3) is 0 Å². The molecule has 0 saturated carbocycles. The van der Waals surface area contributed by atoms with E-state index in [2.05, 4.69) is 5.32 Å². The first kappa shape index (κ1) is 21.5. The number of benzene rings is 2. The second-order valence-corrected chi connectivity index (χ2v) is 8.98. The van der Waals surface area contributed by atoms with Gasteiger partial charge in [0.05, 0.1) is 26.5 Å². The molecule has 0 heterocycles. The highest BCUT2D eigenvalue weighted by Crippen LogP contribution is 2.44. The van der Waals surface area contributed by atoms with E-state index in [1.807, 2.05) is 49.4 Å². The number of methoxy groups -OCH3 is 2. The maximum absolute atomic E-state index is 12.4. The van der Waals surface area contributed by atoms with Gasteiger partial charge < -0.3 is 24.8 Å². The van der Waals surface area contributed by atoms with E-state index >= 15 is 0 Å². The Morgan fingerprint density at radius 1 is 1.07 bits per heavy atom. The average Bonchev–Trinajstić information content (AvgIpc) is 2.65. The van der Waals surface area contributed by atoms with Gasteiger partial charge in [-0.1, -0.05) is 30.3 Å². The first-order valence-electron chi connectivity index (χ1n) is 8.82. The highest BCUT2D eigenvalue weighted by atomic mass is 31.2. The summed E-state index contributed by atoms with van der Waals surface area (Å²) >= 11 is 0. The van der Waals surface area contributed by atoms with Crippen molar-refractivity contribution in [3.8, 4) is 11.5 Å². The van der Waals surface area contributed by atoms with Crippen LogP contribution in [0.5, 0.6) is 11.5 Å². The van der Waals surface area contributed by atoms with Crippen molar-refractivity contribution < 1.29 is 24.0 Å². The van der Waals surface area contributed by atoms with Crippen LogP contribution in [-0.2, 0) is 10.7 Å². The van der Waals surface area contributed by atoms with E-state index in [4.69, 9.17) is 9.47 Å². The van der Waals surface area contributed by atoms with E-state index in [1.54, 1.807) is 20.3 Å². The van der Waals surface area contributed by atoms with Crippen molar-refractivity contribution in [2.45, 2.75) is 25.2 Å². The Morgan fingerprint density at radius 2 is 1.67 bits per heavy atom. The van der Waals surface area contributed by atoms with Crippen LogP contribution in [0.25, 0.3) is 0 Å². The van der Waals surface area contributed by atoms with E-state index in [9.17, 15) is 14.6 Å². The quantitative estimate of drug-likeness (QED) is 0.538. The molecule has 0 aromatic heterocycles. The van der Waals surface area contributed by atoms with Crippen LogP contribution in [0.2, 0.25) is 0 Å². The number of ether oxygens (including phenoxy) is 2. The summed E-state index contributed by atoms with van der Waals surface area (Å²) in [5.74, 6) is 1.36. The molecule has 0 aliphatic carbocycles. The average molecular weight is 393 g/mol. The standard InChI is InChI=1S/C20H28NO5P/c1-15(17-9-19(25-2)11-20(10-17)26-3)21-12-18(22)14-27(23,24)13-16-7-5-4-6-8-16/h4-11,15,18,21-22H,12-14H2,1-3H3,(H,23,24)/t15?,18-/m1/s1. The summed E-state index contributed by atoms with van der Waals surface area (Å²) < 4.78 is 22.9. The number of aliphatic hydroxyl groups excluding tert-OH is 1. The third kappa shape index (κ3) is 7.00. The van der Waals surface area contributed by atoms with Gasteiger partial charge in [-0.3, -0.25) is 4.57 Å². The molecule has 6 nitrogen and oxygen atoms in total. The van der Waals surface area contributed by atoms with Gasteiger partial charge in [-0.05, 0) is 30.2 Å². The number of aliphatic hydroxyl groups is 1. The van der Waals surface area contributed by atoms with Crippen molar-refractivity contribution in [3.05, 3.63) is 59.7 Å². The van der Waals surface area contributed by atoms with Gasteiger partial charge in [0.1, 0.15) is 11.5 Å². The Bertz CT molecular complexity index is 746.